The molecule has 1 aliphatic rings. The fourth-order valence-corrected chi connectivity index (χ4v) is 4.43. The average Bonchev–Trinajstić information content (AvgIpc) is 3.25. The van der Waals surface area contributed by atoms with Crippen LogP contribution in [-0.2, 0) is 0 Å². The highest BCUT2D eigenvalue weighted by molar-refractivity contribution is 7.10. The van der Waals surface area contributed by atoms with Crippen LogP contribution in [0.25, 0.3) is 0 Å². The van der Waals surface area contributed by atoms with Crippen molar-refractivity contribution in [2.45, 2.75) is 6.04 Å². The van der Waals surface area contributed by atoms with Crippen molar-refractivity contribution in [2.24, 2.45) is 4.99 Å². The molecule has 3 rings (SSSR count). The van der Waals surface area contributed by atoms with Crippen LogP contribution in [0, 0.1) is 0 Å². The van der Waals surface area contributed by atoms with Gasteiger partial charge in [0.15, 0.2) is 5.96 Å². The van der Waals surface area contributed by atoms with E-state index in [1.165, 1.54) is 10.6 Å². The summed E-state index contributed by atoms with van der Waals surface area (Å²) in [5.41, 5.74) is 1.24. The third kappa shape index (κ3) is 4.97. The first-order valence-corrected chi connectivity index (χ1v) is 10.5. The molecular weight excluding hydrogens is 370 g/mol. The number of ether oxygens (including phenoxy) is 1. The summed E-state index contributed by atoms with van der Waals surface area (Å²) in [6.07, 6.45) is 0. The molecule has 1 N–H and O–H groups in total. The van der Waals surface area contributed by atoms with E-state index < -0.39 is 0 Å². The first kappa shape index (κ1) is 20.5. The van der Waals surface area contributed by atoms with Crippen molar-refractivity contribution in [3.8, 4) is 5.75 Å². The molecule has 7 heteroatoms. The maximum Gasteiger partial charge on any atom is 0.193 e. The Kier molecular flexibility index (Phi) is 7.17. The van der Waals surface area contributed by atoms with E-state index in [1.54, 1.807) is 18.4 Å². The Morgan fingerprint density at radius 3 is 2.43 bits per heavy atom. The lowest BCUT2D eigenvalue weighted by atomic mass is 10.2. The van der Waals surface area contributed by atoms with E-state index in [2.05, 4.69) is 68.7 Å². The Bertz CT molecular complexity index is 737. The summed E-state index contributed by atoms with van der Waals surface area (Å²) in [6, 6.07) is 13.0. The molecule has 0 saturated carbocycles. The average molecular weight is 402 g/mol. The van der Waals surface area contributed by atoms with Gasteiger partial charge in [0.1, 0.15) is 5.75 Å². The van der Waals surface area contributed by atoms with Crippen LogP contribution in [0.15, 0.2) is 46.8 Å². The Hall–Kier alpha value is -2.25. The van der Waals surface area contributed by atoms with Crippen LogP contribution in [-0.4, -0.2) is 76.7 Å². The van der Waals surface area contributed by atoms with Gasteiger partial charge in [0.2, 0.25) is 0 Å². The van der Waals surface area contributed by atoms with Crippen LogP contribution in [0.5, 0.6) is 5.75 Å². The molecule has 0 bridgehead atoms. The predicted molar refractivity (Wildman–Crippen MR) is 119 cm³/mol. The Morgan fingerprint density at radius 1 is 1.18 bits per heavy atom. The molecule has 1 atom stereocenters. The first-order chi connectivity index (χ1) is 13.6. The minimum Gasteiger partial charge on any atom is -0.497 e. The van der Waals surface area contributed by atoms with Crippen LogP contribution in [0.1, 0.15) is 10.9 Å². The molecule has 0 spiro atoms. The molecule has 0 aliphatic carbocycles. The highest BCUT2D eigenvalue weighted by Gasteiger charge is 2.22. The first-order valence-electron chi connectivity index (χ1n) is 9.66. The number of aliphatic imine (C=N–C) groups is 1. The summed E-state index contributed by atoms with van der Waals surface area (Å²) in [5, 5.41) is 5.72. The van der Waals surface area contributed by atoms with Gasteiger partial charge in [-0.25, -0.2) is 0 Å². The van der Waals surface area contributed by atoms with Crippen molar-refractivity contribution >= 4 is 23.0 Å². The molecule has 1 aromatic heterocycles. The number of nitrogens with zero attached hydrogens (tertiary/aromatic N) is 4. The summed E-state index contributed by atoms with van der Waals surface area (Å²) >= 11 is 1.80. The second kappa shape index (κ2) is 9.80. The van der Waals surface area contributed by atoms with E-state index in [1.807, 2.05) is 19.2 Å². The molecule has 0 radical (unpaired) electrons. The van der Waals surface area contributed by atoms with Gasteiger partial charge in [-0.15, -0.1) is 11.3 Å². The second-order valence-electron chi connectivity index (χ2n) is 7.10. The smallest absolute Gasteiger partial charge is 0.193 e. The fourth-order valence-electron chi connectivity index (χ4n) is 3.51. The van der Waals surface area contributed by atoms with Crippen molar-refractivity contribution in [1.82, 2.24) is 15.1 Å². The van der Waals surface area contributed by atoms with Gasteiger partial charge >= 0.3 is 0 Å². The number of anilines is 1. The van der Waals surface area contributed by atoms with E-state index in [0.717, 1.165) is 44.4 Å². The van der Waals surface area contributed by atoms with Gasteiger partial charge in [0, 0.05) is 50.3 Å². The number of benzene rings is 1. The molecule has 1 aromatic carbocycles. The topological polar surface area (TPSA) is 43.3 Å². The van der Waals surface area contributed by atoms with E-state index in [4.69, 9.17) is 4.74 Å². The lowest BCUT2D eigenvalue weighted by Crippen LogP contribution is -2.53. The van der Waals surface area contributed by atoms with Crippen molar-refractivity contribution in [1.29, 1.82) is 0 Å². The molecule has 0 amide bonds. The number of nitrogens with one attached hydrogen (secondary N) is 1. The molecule has 28 heavy (non-hydrogen) atoms. The molecule has 1 aliphatic heterocycles. The molecule has 1 saturated heterocycles. The number of likely N-dealkylation sites (N-methyl/N-ethyl adjacent to an activating group) is 1. The van der Waals surface area contributed by atoms with E-state index in [-0.39, 0.29) is 0 Å². The van der Waals surface area contributed by atoms with Gasteiger partial charge in [0.25, 0.3) is 0 Å². The van der Waals surface area contributed by atoms with Gasteiger partial charge in [-0.2, -0.15) is 0 Å². The number of thiophene rings is 1. The maximum absolute atomic E-state index is 5.26. The van der Waals surface area contributed by atoms with Gasteiger partial charge < -0.3 is 24.8 Å². The van der Waals surface area contributed by atoms with Gasteiger partial charge in [-0.3, -0.25) is 4.99 Å². The van der Waals surface area contributed by atoms with Gasteiger partial charge in [0.05, 0.1) is 13.2 Å². The van der Waals surface area contributed by atoms with E-state index in [0.29, 0.717) is 6.04 Å². The lowest BCUT2D eigenvalue weighted by molar-refractivity contribution is 0.296. The largest absolute Gasteiger partial charge is 0.497 e. The molecule has 152 valence electrons. The molecule has 1 unspecified atom stereocenters. The predicted octanol–water partition coefficient (Wildman–Crippen LogP) is 2.76. The summed E-state index contributed by atoms with van der Waals surface area (Å²) in [4.78, 5) is 12.9. The van der Waals surface area contributed by atoms with Crippen LogP contribution >= 0.6 is 11.3 Å². The maximum atomic E-state index is 5.26. The van der Waals surface area contributed by atoms with Crippen molar-refractivity contribution < 1.29 is 4.74 Å². The normalized spacial score (nSPS) is 16.4. The highest BCUT2D eigenvalue weighted by atomic mass is 32.1. The van der Waals surface area contributed by atoms with Crippen LogP contribution < -0.4 is 15.0 Å². The lowest BCUT2D eigenvalue weighted by Gasteiger charge is -2.38. The van der Waals surface area contributed by atoms with E-state index in [9.17, 15) is 0 Å². The number of rotatable bonds is 6. The molecule has 6 nitrogen and oxygen atoms in total. The zero-order valence-electron chi connectivity index (χ0n) is 17.3. The minimum absolute atomic E-state index is 0.345. The number of methoxy groups -OCH3 is 1. The Labute approximate surface area is 172 Å². The highest BCUT2D eigenvalue weighted by Crippen LogP contribution is 2.23. The summed E-state index contributed by atoms with van der Waals surface area (Å²) in [7, 11) is 7.82. The number of piperazine rings is 1. The second-order valence-corrected chi connectivity index (χ2v) is 8.07. The van der Waals surface area contributed by atoms with Gasteiger partial charge in [-0.05, 0) is 49.8 Å². The Balaban J connectivity index is 1.54. The summed E-state index contributed by atoms with van der Waals surface area (Å²) < 4.78 is 5.26. The third-order valence-corrected chi connectivity index (χ3v) is 6.15. The summed E-state index contributed by atoms with van der Waals surface area (Å²) in [5.74, 6) is 1.88. The molecular formula is C21H31N5OS. The Morgan fingerprint density at radius 2 is 1.89 bits per heavy atom. The van der Waals surface area contributed by atoms with Gasteiger partial charge in [-0.1, -0.05) is 6.07 Å². The third-order valence-electron chi connectivity index (χ3n) is 5.18. The monoisotopic (exact) mass is 401 g/mol. The van der Waals surface area contributed by atoms with Crippen LogP contribution in [0.2, 0.25) is 0 Å². The number of guanidine groups is 1. The standard InChI is InChI=1S/C21H31N5OS/c1-22-21(23-16-19(24(2)3)20-6-5-15-28-20)26-13-11-25(12-14-26)17-7-9-18(27-4)10-8-17/h5-10,15,19H,11-14,16H2,1-4H3,(H,22,23). The van der Waals surface area contributed by atoms with Crippen LogP contribution in [0.4, 0.5) is 5.69 Å². The fraction of sp³-hybridized carbons (Fsp3) is 0.476. The van der Waals surface area contributed by atoms with Crippen LogP contribution in [0.3, 0.4) is 0 Å². The van der Waals surface area contributed by atoms with Crippen molar-refractivity contribution in [2.75, 3.05) is 65.9 Å². The molecule has 1 fully saturated rings. The zero-order chi connectivity index (χ0) is 19.9. The quantitative estimate of drug-likeness (QED) is 0.596. The van der Waals surface area contributed by atoms with E-state index >= 15 is 0 Å². The number of hydrogen-bond acceptors (Lipinski definition) is 5. The zero-order valence-corrected chi connectivity index (χ0v) is 18.1. The molecule has 2 aromatic rings. The minimum atomic E-state index is 0.345. The van der Waals surface area contributed by atoms with Crippen molar-refractivity contribution in [3.63, 3.8) is 0 Å². The van der Waals surface area contributed by atoms with Crippen molar-refractivity contribution in [3.05, 3.63) is 46.7 Å². The SMILES string of the molecule is CN=C(NCC(c1cccs1)N(C)C)N1CCN(c2ccc(OC)cc2)CC1. The number of hydrogen-bond donors (Lipinski definition) is 1. The molecule has 2 heterocycles. The summed E-state index contributed by atoms with van der Waals surface area (Å²) in [6.45, 7) is 4.72.